The summed E-state index contributed by atoms with van der Waals surface area (Å²) >= 11 is 5.93. The fourth-order valence-corrected chi connectivity index (χ4v) is 2.78. The number of phenols is 1. The van der Waals surface area contributed by atoms with Crippen molar-refractivity contribution in [3.8, 4) is 5.75 Å². The van der Waals surface area contributed by atoms with Gasteiger partial charge in [-0.05, 0) is 30.3 Å². The molecule has 0 unspecified atom stereocenters. The number of phenolic OH excluding ortho intramolecular Hbond substituents is 1. The van der Waals surface area contributed by atoms with Crippen molar-refractivity contribution in [2.75, 3.05) is 26.3 Å². The van der Waals surface area contributed by atoms with Crippen LogP contribution in [0.25, 0.3) is 0 Å². The van der Waals surface area contributed by atoms with E-state index in [4.69, 9.17) is 16.3 Å². The van der Waals surface area contributed by atoms with Crippen molar-refractivity contribution in [1.82, 2.24) is 0 Å². The molecule has 3 rings (SSSR count). The molecule has 0 amide bonds. The monoisotopic (exact) mass is 331 g/mol. The summed E-state index contributed by atoms with van der Waals surface area (Å²) in [6, 6.07) is 13.1. The quantitative estimate of drug-likeness (QED) is 0.844. The number of quaternary nitrogens is 1. The van der Waals surface area contributed by atoms with Crippen molar-refractivity contribution < 1.29 is 14.7 Å². The van der Waals surface area contributed by atoms with Crippen LogP contribution in [0.3, 0.4) is 0 Å². The molecule has 1 heterocycles. The summed E-state index contributed by atoms with van der Waals surface area (Å²) < 4.78 is 5.38. The van der Waals surface area contributed by atoms with Crippen LogP contribution < -0.4 is 4.90 Å². The van der Waals surface area contributed by atoms with Gasteiger partial charge in [-0.1, -0.05) is 23.7 Å². The minimum absolute atomic E-state index is 0.172. The molecule has 1 aliphatic rings. The van der Waals surface area contributed by atoms with E-state index in [9.17, 15) is 5.11 Å². The minimum atomic E-state index is 0.172. The standard InChI is InChI=1S/C18H19ClN2O2/c19-16-3-6-18(22)15(11-16)12-20-17-4-1-14(2-5-17)13-21-7-9-23-10-8-21/h1-6,11-12,22H,7-10,13H2/p+1. The molecule has 1 saturated heterocycles. The van der Waals surface area contributed by atoms with Crippen LogP contribution in [0.5, 0.6) is 5.75 Å². The third-order valence-electron chi connectivity index (χ3n) is 3.93. The van der Waals surface area contributed by atoms with Gasteiger partial charge >= 0.3 is 0 Å². The van der Waals surface area contributed by atoms with Crippen LogP contribution in [0.4, 0.5) is 5.69 Å². The van der Waals surface area contributed by atoms with Crippen LogP contribution in [-0.4, -0.2) is 37.6 Å². The first-order valence-electron chi connectivity index (χ1n) is 7.73. The lowest BCUT2D eigenvalue weighted by molar-refractivity contribution is -0.921. The van der Waals surface area contributed by atoms with Gasteiger partial charge in [0, 0.05) is 22.4 Å². The van der Waals surface area contributed by atoms with Crippen LogP contribution in [0.15, 0.2) is 47.5 Å². The van der Waals surface area contributed by atoms with Crippen molar-refractivity contribution in [3.63, 3.8) is 0 Å². The summed E-state index contributed by atoms with van der Waals surface area (Å²) in [7, 11) is 0. The molecule has 2 N–H and O–H groups in total. The number of aromatic hydroxyl groups is 1. The van der Waals surface area contributed by atoms with Crippen molar-refractivity contribution in [2.45, 2.75) is 6.54 Å². The highest BCUT2D eigenvalue weighted by molar-refractivity contribution is 6.30. The SMILES string of the molecule is Oc1ccc(Cl)cc1C=Nc1ccc(C[NH+]2CCOCC2)cc1. The predicted octanol–water partition coefficient (Wildman–Crippen LogP) is 2.21. The topological polar surface area (TPSA) is 46.3 Å². The van der Waals surface area contributed by atoms with Gasteiger partial charge in [0.1, 0.15) is 25.4 Å². The average Bonchev–Trinajstić information content (AvgIpc) is 2.58. The van der Waals surface area contributed by atoms with Gasteiger partial charge in [0.2, 0.25) is 0 Å². The maximum Gasteiger partial charge on any atom is 0.124 e. The Morgan fingerprint density at radius 2 is 1.87 bits per heavy atom. The van der Waals surface area contributed by atoms with Crippen LogP contribution in [0.1, 0.15) is 11.1 Å². The number of hydrogen-bond donors (Lipinski definition) is 2. The van der Waals surface area contributed by atoms with Crippen LogP contribution in [0.2, 0.25) is 5.02 Å². The highest BCUT2D eigenvalue weighted by Gasteiger charge is 2.13. The lowest BCUT2D eigenvalue weighted by Crippen LogP contribution is -3.12. The number of benzene rings is 2. The second-order valence-corrected chi connectivity index (χ2v) is 6.10. The number of nitrogens with one attached hydrogen (secondary N) is 1. The van der Waals surface area contributed by atoms with Gasteiger partial charge in [0.15, 0.2) is 0 Å². The van der Waals surface area contributed by atoms with Gasteiger partial charge < -0.3 is 14.7 Å². The Morgan fingerprint density at radius 1 is 1.13 bits per heavy atom. The molecule has 0 aliphatic carbocycles. The number of ether oxygens (including phenoxy) is 1. The summed E-state index contributed by atoms with van der Waals surface area (Å²) in [5.41, 5.74) is 2.76. The summed E-state index contributed by atoms with van der Waals surface area (Å²) in [6.07, 6.45) is 1.63. The number of hydrogen-bond acceptors (Lipinski definition) is 3. The van der Waals surface area contributed by atoms with Crippen LogP contribution in [0, 0.1) is 0 Å². The van der Waals surface area contributed by atoms with Gasteiger partial charge in [-0.25, -0.2) is 0 Å². The van der Waals surface area contributed by atoms with E-state index in [0.29, 0.717) is 10.6 Å². The molecule has 120 valence electrons. The minimum Gasteiger partial charge on any atom is -0.507 e. The molecule has 0 aromatic heterocycles. The summed E-state index contributed by atoms with van der Waals surface area (Å²) in [4.78, 5) is 5.95. The Balaban J connectivity index is 1.64. The largest absolute Gasteiger partial charge is 0.507 e. The van der Waals surface area contributed by atoms with Crippen molar-refractivity contribution in [1.29, 1.82) is 0 Å². The zero-order valence-electron chi connectivity index (χ0n) is 12.8. The first-order chi connectivity index (χ1) is 11.2. The fourth-order valence-electron chi connectivity index (χ4n) is 2.60. The number of nitrogens with zero attached hydrogens (tertiary/aromatic N) is 1. The van der Waals surface area contributed by atoms with E-state index in [1.165, 1.54) is 5.56 Å². The van der Waals surface area contributed by atoms with Crippen molar-refractivity contribution in [3.05, 3.63) is 58.6 Å². The number of aliphatic imine (C=N–C) groups is 1. The lowest BCUT2D eigenvalue weighted by Gasteiger charge is -2.23. The zero-order chi connectivity index (χ0) is 16.1. The Labute approximate surface area is 141 Å². The van der Waals surface area contributed by atoms with Gasteiger partial charge in [-0.2, -0.15) is 0 Å². The van der Waals surface area contributed by atoms with Gasteiger partial charge in [0.05, 0.1) is 18.9 Å². The maximum absolute atomic E-state index is 9.78. The van der Waals surface area contributed by atoms with E-state index < -0.39 is 0 Å². The third kappa shape index (κ3) is 4.55. The molecule has 4 nitrogen and oxygen atoms in total. The zero-order valence-corrected chi connectivity index (χ0v) is 13.6. The molecule has 2 aromatic carbocycles. The molecule has 23 heavy (non-hydrogen) atoms. The summed E-state index contributed by atoms with van der Waals surface area (Å²) in [5.74, 6) is 0.172. The highest BCUT2D eigenvalue weighted by Crippen LogP contribution is 2.21. The molecule has 2 aromatic rings. The van der Waals surface area contributed by atoms with E-state index in [0.717, 1.165) is 38.5 Å². The molecular weight excluding hydrogens is 312 g/mol. The Hall–Kier alpha value is -1.88. The molecular formula is C18H20ClN2O2+. The molecule has 1 aliphatic heterocycles. The average molecular weight is 332 g/mol. The van der Waals surface area contributed by atoms with Crippen molar-refractivity contribution >= 4 is 23.5 Å². The Bertz CT molecular complexity index is 680. The predicted molar refractivity (Wildman–Crippen MR) is 92.0 cm³/mol. The molecule has 0 radical (unpaired) electrons. The van der Waals surface area contributed by atoms with Gasteiger partial charge in [0.25, 0.3) is 0 Å². The molecule has 0 spiro atoms. The first kappa shape index (κ1) is 16.0. The summed E-state index contributed by atoms with van der Waals surface area (Å²) in [5, 5.41) is 10.4. The first-order valence-corrected chi connectivity index (χ1v) is 8.11. The van der Waals surface area contributed by atoms with Gasteiger partial charge in [-0.15, -0.1) is 0 Å². The Morgan fingerprint density at radius 3 is 2.61 bits per heavy atom. The number of morpholine rings is 1. The lowest BCUT2D eigenvalue weighted by atomic mass is 10.2. The highest BCUT2D eigenvalue weighted by atomic mass is 35.5. The summed E-state index contributed by atoms with van der Waals surface area (Å²) in [6.45, 7) is 4.84. The van der Waals surface area contributed by atoms with Crippen molar-refractivity contribution in [2.24, 2.45) is 4.99 Å². The molecule has 0 bridgehead atoms. The smallest absolute Gasteiger partial charge is 0.124 e. The van der Waals surface area contributed by atoms with E-state index in [1.807, 2.05) is 12.1 Å². The van der Waals surface area contributed by atoms with Gasteiger partial charge in [-0.3, -0.25) is 4.99 Å². The number of halogens is 1. The normalized spacial score (nSPS) is 16.0. The van der Waals surface area contributed by atoms with E-state index in [1.54, 1.807) is 29.3 Å². The van der Waals surface area contributed by atoms with E-state index in [-0.39, 0.29) is 5.75 Å². The third-order valence-corrected chi connectivity index (χ3v) is 4.17. The second kappa shape index (κ2) is 7.59. The fraction of sp³-hybridized carbons (Fsp3) is 0.278. The second-order valence-electron chi connectivity index (χ2n) is 5.67. The Kier molecular flexibility index (Phi) is 5.28. The molecule has 0 atom stereocenters. The van der Waals surface area contributed by atoms with Crippen LogP contribution in [-0.2, 0) is 11.3 Å². The molecule has 5 heteroatoms. The number of rotatable bonds is 4. The maximum atomic E-state index is 9.78. The van der Waals surface area contributed by atoms with E-state index >= 15 is 0 Å². The molecule has 0 saturated carbocycles. The van der Waals surface area contributed by atoms with Crippen LogP contribution >= 0.6 is 11.6 Å². The van der Waals surface area contributed by atoms with E-state index in [2.05, 4.69) is 17.1 Å². The molecule has 1 fully saturated rings.